The standard InChI is InChI=1S/C22H31N3O2S/c1-22(2,3)28-15-16-9-6-7-13-24(16)20(26)18-11-8-14-25(18)21-23-17-10-4-5-12-19(17)27-21/h4-5,10,12,16,18H,6-9,11,13-15H2,1-3H3/t16-,18+/m1/s1. The van der Waals surface area contributed by atoms with E-state index < -0.39 is 0 Å². The third kappa shape index (κ3) is 4.17. The second kappa shape index (κ2) is 7.97. The highest BCUT2D eigenvalue weighted by Gasteiger charge is 2.39. The number of amides is 1. The predicted octanol–water partition coefficient (Wildman–Crippen LogP) is 4.71. The van der Waals surface area contributed by atoms with Gasteiger partial charge in [0, 0.05) is 29.6 Å². The Morgan fingerprint density at radius 3 is 2.79 bits per heavy atom. The molecule has 2 aliphatic rings. The minimum Gasteiger partial charge on any atom is -0.423 e. The zero-order chi connectivity index (χ0) is 19.7. The Balaban J connectivity index is 1.51. The first-order valence-corrected chi connectivity index (χ1v) is 11.5. The number of carbonyl (C=O) groups excluding carboxylic acids is 1. The summed E-state index contributed by atoms with van der Waals surface area (Å²) in [5.41, 5.74) is 1.64. The summed E-state index contributed by atoms with van der Waals surface area (Å²) in [7, 11) is 0. The molecule has 2 saturated heterocycles. The molecule has 6 heteroatoms. The van der Waals surface area contributed by atoms with Gasteiger partial charge in [0.15, 0.2) is 5.58 Å². The molecule has 152 valence electrons. The molecule has 28 heavy (non-hydrogen) atoms. The summed E-state index contributed by atoms with van der Waals surface area (Å²) < 4.78 is 6.20. The molecule has 4 rings (SSSR count). The molecule has 2 aromatic rings. The van der Waals surface area contributed by atoms with Gasteiger partial charge in [-0.15, -0.1) is 0 Å². The topological polar surface area (TPSA) is 49.6 Å². The van der Waals surface area contributed by atoms with Gasteiger partial charge >= 0.3 is 0 Å². The highest BCUT2D eigenvalue weighted by molar-refractivity contribution is 8.00. The fourth-order valence-corrected chi connectivity index (χ4v) is 5.28. The number of benzene rings is 1. The summed E-state index contributed by atoms with van der Waals surface area (Å²) in [6, 6.07) is 8.60. The molecule has 1 amide bonds. The fourth-order valence-electron chi connectivity index (χ4n) is 4.24. The van der Waals surface area contributed by atoms with Crippen molar-refractivity contribution in [1.29, 1.82) is 0 Å². The maximum Gasteiger partial charge on any atom is 0.299 e. The third-order valence-corrected chi connectivity index (χ3v) is 7.10. The summed E-state index contributed by atoms with van der Waals surface area (Å²) in [6.45, 7) is 8.46. The van der Waals surface area contributed by atoms with Crippen molar-refractivity contribution < 1.29 is 9.21 Å². The SMILES string of the molecule is CC(C)(C)SC[C@H]1CCCCN1C(=O)[C@@H]1CCCN1c1nc2ccccc2o1. The number of fused-ring (bicyclic) bond motifs is 1. The van der Waals surface area contributed by atoms with E-state index in [1.807, 2.05) is 36.0 Å². The first-order valence-electron chi connectivity index (χ1n) is 10.5. The number of thioether (sulfide) groups is 1. The van der Waals surface area contributed by atoms with Crippen molar-refractivity contribution in [2.24, 2.45) is 0 Å². The van der Waals surface area contributed by atoms with E-state index in [4.69, 9.17) is 4.42 Å². The van der Waals surface area contributed by atoms with Crippen molar-refractivity contribution in [3.63, 3.8) is 0 Å². The van der Waals surface area contributed by atoms with Gasteiger partial charge in [-0.1, -0.05) is 32.9 Å². The van der Waals surface area contributed by atoms with E-state index >= 15 is 0 Å². The van der Waals surface area contributed by atoms with E-state index in [-0.39, 0.29) is 16.7 Å². The van der Waals surface area contributed by atoms with Gasteiger partial charge in [-0.25, -0.2) is 0 Å². The van der Waals surface area contributed by atoms with Crippen molar-refractivity contribution in [3.05, 3.63) is 24.3 Å². The molecule has 0 N–H and O–H groups in total. The van der Waals surface area contributed by atoms with Gasteiger partial charge in [0.2, 0.25) is 5.91 Å². The van der Waals surface area contributed by atoms with Crippen LogP contribution in [0.5, 0.6) is 0 Å². The Labute approximate surface area is 171 Å². The molecule has 0 aliphatic carbocycles. The molecule has 0 saturated carbocycles. The number of nitrogens with zero attached hydrogens (tertiary/aromatic N) is 3. The van der Waals surface area contributed by atoms with Crippen molar-refractivity contribution in [2.45, 2.75) is 69.7 Å². The number of anilines is 1. The van der Waals surface area contributed by atoms with Crippen LogP contribution in [0, 0.1) is 0 Å². The largest absolute Gasteiger partial charge is 0.423 e. The molecule has 0 unspecified atom stereocenters. The molecule has 3 heterocycles. The zero-order valence-electron chi connectivity index (χ0n) is 17.2. The lowest BCUT2D eigenvalue weighted by molar-refractivity contribution is -0.135. The molecule has 2 aliphatic heterocycles. The van der Waals surface area contributed by atoms with Crippen LogP contribution >= 0.6 is 11.8 Å². The van der Waals surface area contributed by atoms with Crippen LogP contribution in [0.2, 0.25) is 0 Å². The number of hydrogen-bond acceptors (Lipinski definition) is 5. The number of likely N-dealkylation sites (tertiary alicyclic amines) is 1. The number of aromatic nitrogens is 1. The van der Waals surface area contributed by atoms with Gasteiger partial charge in [-0.05, 0) is 44.2 Å². The summed E-state index contributed by atoms with van der Waals surface area (Å²) in [5, 5.41) is 0. The van der Waals surface area contributed by atoms with Gasteiger partial charge in [0.05, 0.1) is 0 Å². The van der Waals surface area contributed by atoms with Gasteiger partial charge in [0.1, 0.15) is 11.6 Å². The van der Waals surface area contributed by atoms with Crippen molar-refractivity contribution >= 4 is 34.8 Å². The Morgan fingerprint density at radius 2 is 2.00 bits per heavy atom. The number of rotatable bonds is 4. The van der Waals surface area contributed by atoms with Gasteiger partial charge < -0.3 is 14.2 Å². The number of piperidine rings is 1. The maximum atomic E-state index is 13.5. The maximum absolute atomic E-state index is 13.5. The normalized spacial score (nSPS) is 23.5. The van der Waals surface area contributed by atoms with Crippen LogP contribution in [-0.2, 0) is 4.79 Å². The van der Waals surface area contributed by atoms with Crippen LogP contribution in [0.15, 0.2) is 28.7 Å². The van der Waals surface area contributed by atoms with E-state index in [0.29, 0.717) is 12.1 Å². The highest BCUT2D eigenvalue weighted by Crippen LogP contribution is 2.32. The first kappa shape index (κ1) is 19.6. The number of para-hydroxylation sites is 2. The monoisotopic (exact) mass is 401 g/mol. The first-order chi connectivity index (χ1) is 13.4. The lowest BCUT2D eigenvalue weighted by Gasteiger charge is -2.39. The molecular weight excluding hydrogens is 370 g/mol. The zero-order valence-corrected chi connectivity index (χ0v) is 18.0. The summed E-state index contributed by atoms with van der Waals surface area (Å²) >= 11 is 1.97. The van der Waals surface area contributed by atoms with Crippen LogP contribution in [-0.4, -0.2) is 51.5 Å². The van der Waals surface area contributed by atoms with Crippen LogP contribution in [0.1, 0.15) is 52.9 Å². The van der Waals surface area contributed by atoms with Gasteiger partial charge in [-0.3, -0.25) is 4.79 Å². The Kier molecular flexibility index (Phi) is 5.59. The van der Waals surface area contributed by atoms with Gasteiger partial charge in [-0.2, -0.15) is 16.7 Å². The quantitative estimate of drug-likeness (QED) is 0.743. The van der Waals surface area contributed by atoms with Crippen molar-refractivity contribution in [3.8, 4) is 0 Å². The minimum atomic E-state index is -0.145. The number of hydrogen-bond donors (Lipinski definition) is 0. The summed E-state index contributed by atoms with van der Waals surface area (Å²) in [6.07, 6.45) is 5.33. The highest BCUT2D eigenvalue weighted by atomic mass is 32.2. The van der Waals surface area contributed by atoms with Crippen molar-refractivity contribution in [1.82, 2.24) is 9.88 Å². The van der Waals surface area contributed by atoms with E-state index in [1.165, 1.54) is 6.42 Å². The molecular formula is C22H31N3O2S. The molecule has 2 atom stereocenters. The molecule has 0 radical (unpaired) electrons. The van der Waals surface area contributed by atoms with Crippen molar-refractivity contribution in [2.75, 3.05) is 23.7 Å². The van der Waals surface area contributed by atoms with E-state index in [9.17, 15) is 4.79 Å². The molecule has 1 aromatic heterocycles. The molecule has 0 spiro atoms. The Bertz CT molecular complexity index is 796. The predicted molar refractivity (Wildman–Crippen MR) is 116 cm³/mol. The van der Waals surface area contributed by atoms with E-state index in [0.717, 1.165) is 55.6 Å². The molecule has 0 bridgehead atoms. The Hall–Kier alpha value is -1.69. The minimum absolute atomic E-state index is 0.145. The van der Waals surface area contributed by atoms with Crippen LogP contribution in [0.3, 0.4) is 0 Å². The average molecular weight is 402 g/mol. The summed E-state index contributed by atoms with van der Waals surface area (Å²) in [5.74, 6) is 1.28. The lowest BCUT2D eigenvalue weighted by Crippen LogP contribution is -2.52. The van der Waals surface area contributed by atoms with Crippen LogP contribution < -0.4 is 4.90 Å². The van der Waals surface area contributed by atoms with Gasteiger partial charge in [0.25, 0.3) is 6.01 Å². The van der Waals surface area contributed by atoms with Crippen LogP contribution in [0.25, 0.3) is 11.1 Å². The smallest absolute Gasteiger partial charge is 0.299 e. The number of carbonyl (C=O) groups is 1. The molecule has 2 fully saturated rings. The van der Waals surface area contributed by atoms with E-state index in [1.54, 1.807) is 0 Å². The van der Waals surface area contributed by atoms with Crippen LogP contribution in [0.4, 0.5) is 6.01 Å². The lowest BCUT2D eigenvalue weighted by atomic mass is 10.0. The Morgan fingerprint density at radius 1 is 1.18 bits per heavy atom. The third-order valence-electron chi connectivity index (χ3n) is 5.69. The average Bonchev–Trinajstić information content (AvgIpc) is 3.32. The second-order valence-electron chi connectivity index (χ2n) is 8.92. The number of oxazole rings is 1. The molecule has 5 nitrogen and oxygen atoms in total. The summed E-state index contributed by atoms with van der Waals surface area (Å²) in [4.78, 5) is 22.4. The van der Waals surface area contributed by atoms with E-state index in [2.05, 4.69) is 35.6 Å². The second-order valence-corrected chi connectivity index (χ2v) is 10.8. The molecule has 1 aromatic carbocycles. The fraction of sp³-hybridized carbons (Fsp3) is 0.636.